The lowest BCUT2D eigenvalue weighted by Gasteiger charge is -2.14. The maximum absolute atomic E-state index is 5.71. The summed E-state index contributed by atoms with van der Waals surface area (Å²) < 4.78 is 5.71. The summed E-state index contributed by atoms with van der Waals surface area (Å²) in [6.45, 7) is 5.54. The number of hydrogen-bond donors (Lipinski definition) is 2. The zero-order valence-corrected chi connectivity index (χ0v) is 20.5. The summed E-state index contributed by atoms with van der Waals surface area (Å²) in [5.41, 5.74) is 2.04. The molecule has 0 spiro atoms. The smallest absolute Gasteiger partial charge is 0.195 e. The van der Waals surface area contributed by atoms with Gasteiger partial charge in [-0.3, -0.25) is 9.98 Å². The van der Waals surface area contributed by atoms with Crippen LogP contribution in [0.3, 0.4) is 0 Å². The quantitative estimate of drug-likeness (QED) is 0.219. The van der Waals surface area contributed by atoms with Crippen LogP contribution in [-0.2, 0) is 12.8 Å². The Balaban J connectivity index is 0.00000320. The van der Waals surface area contributed by atoms with Crippen LogP contribution < -0.4 is 15.4 Å². The minimum absolute atomic E-state index is 0. The van der Waals surface area contributed by atoms with E-state index >= 15 is 0 Å². The molecule has 0 aliphatic heterocycles. The fourth-order valence-corrected chi connectivity index (χ4v) is 3.45. The third-order valence-corrected chi connectivity index (χ3v) is 5.03. The van der Waals surface area contributed by atoms with Crippen molar-refractivity contribution in [3.05, 3.63) is 76.7 Å². The van der Waals surface area contributed by atoms with Gasteiger partial charge in [0.25, 0.3) is 0 Å². The molecule has 7 heteroatoms. The van der Waals surface area contributed by atoms with E-state index in [-0.39, 0.29) is 30.1 Å². The number of aliphatic imine (C=N–C) groups is 1. The van der Waals surface area contributed by atoms with Crippen molar-refractivity contribution in [1.29, 1.82) is 0 Å². The third kappa shape index (κ3) is 8.71. The van der Waals surface area contributed by atoms with Gasteiger partial charge in [-0.15, -0.1) is 35.3 Å². The number of benzene rings is 1. The van der Waals surface area contributed by atoms with Gasteiger partial charge in [-0.2, -0.15) is 0 Å². The van der Waals surface area contributed by atoms with E-state index in [1.165, 1.54) is 4.88 Å². The van der Waals surface area contributed by atoms with E-state index in [0.717, 1.165) is 49.0 Å². The minimum Gasteiger partial charge on any atom is -0.491 e. The summed E-state index contributed by atoms with van der Waals surface area (Å²) in [5, 5.41) is 8.91. The standard InChI is InChI=1S/C23H28N4OS.HI/c1-18(2)28-21-10-8-20(9-11-21)27-23(26-16-13-22-7-5-17-29-22)25-15-12-19-6-3-4-14-24-19;/h3-11,14,17-18H,12-13,15-16H2,1-2H3,(H2,25,26,27);1H. The van der Waals surface area contributed by atoms with E-state index in [1.54, 1.807) is 11.3 Å². The van der Waals surface area contributed by atoms with Gasteiger partial charge >= 0.3 is 0 Å². The Morgan fingerprint density at radius 2 is 1.90 bits per heavy atom. The molecule has 1 aromatic carbocycles. The first-order valence-electron chi connectivity index (χ1n) is 9.93. The number of rotatable bonds is 9. The molecule has 2 heterocycles. The van der Waals surface area contributed by atoms with Gasteiger partial charge in [-0.25, -0.2) is 0 Å². The summed E-state index contributed by atoms with van der Waals surface area (Å²) in [6.07, 6.45) is 3.76. The number of nitrogens with zero attached hydrogens (tertiary/aromatic N) is 2. The lowest BCUT2D eigenvalue weighted by molar-refractivity contribution is 0.242. The van der Waals surface area contributed by atoms with Crippen LogP contribution >= 0.6 is 35.3 Å². The monoisotopic (exact) mass is 536 g/mol. The van der Waals surface area contributed by atoms with Crippen molar-refractivity contribution in [2.45, 2.75) is 32.8 Å². The number of thiophene rings is 1. The average Bonchev–Trinajstić information content (AvgIpc) is 3.23. The van der Waals surface area contributed by atoms with E-state index < -0.39 is 0 Å². The molecule has 0 saturated carbocycles. The molecule has 5 nitrogen and oxygen atoms in total. The van der Waals surface area contributed by atoms with E-state index in [1.807, 2.05) is 62.5 Å². The van der Waals surface area contributed by atoms with E-state index in [2.05, 4.69) is 33.1 Å². The maximum atomic E-state index is 5.71. The van der Waals surface area contributed by atoms with Crippen LogP contribution in [0.15, 0.2) is 71.2 Å². The lowest BCUT2D eigenvalue weighted by atomic mass is 10.3. The molecule has 30 heavy (non-hydrogen) atoms. The number of aromatic nitrogens is 1. The van der Waals surface area contributed by atoms with Crippen LogP contribution in [0.25, 0.3) is 0 Å². The van der Waals surface area contributed by atoms with Crippen LogP contribution in [0.2, 0.25) is 0 Å². The molecule has 0 saturated heterocycles. The Morgan fingerprint density at radius 1 is 1.07 bits per heavy atom. The molecule has 0 unspecified atom stereocenters. The summed E-state index contributed by atoms with van der Waals surface area (Å²) >= 11 is 1.77. The van der Waals surface area contributed by atoms with Gasteiger partial charge in [0.05, 0.1) is 6.10 Å². The lowest BCUT2D eigenvalue weighted by Crippen LogP contribution is -2.33. The molecule has 0 bridgehead atoms. The molecule has 0 aliphatic carbocycles. The van der Waals surface area contributed by atoms with Crippen molar-refractivity contribution in [2.24, 2.45) is 4.99 Å². The zero-order chi connectivity index (χ0) is 20.3. The van der Waals surface area contributed by atoms with Crippen molar-refractivity contribution < 1.29 is 4.74 Å². The fourth-order valence-electron chi connectivity index (χ4n) is 2.75. The number of anilines is 1. The van der Waals surface area contributed by atoms with Crippen molar-refractivity contribution in [2.75, 3.05) is 18.4 Å². The van der Waals surface area contributed by atoms with Crippen molar-refractivity contribution in [3.8, 4) is 5.75 Å². The Kier molecular flexibility index (Phi) is 10.6. The Labute approximate surface area is 200 Å². The van der Waals surface area contributed by atoms with Crippen LogP contribution in [0.5, 0.6) is 5.75 Å². The van der Waals surface area contributed by atoms with Crippen LogP contribution in [0.4, 0.5) is 5.69 Å². The van der Waals surface area contributed by atoms with Gasteiger partial charge in [0.1, 0.15) is 5.75 Å². The summed E-state index contributed by atoms with van der Waals surface area (Å²) in [7, 11) is 0. The van der Waals surface area contributed by atoms with Gasteiger partial charge in [0.15, 0.2) is 5.96 Å². The number of ether oxygens (including phenoxy) is 1. The SMILES string of the molecule is CC(C)Oc1ccc(NC(=NCCc2cccs2)NCCc2ccccn2)cc1.I. The molecule has 160 valence electrons. The van der Waals surface area contributed by atoms with E-state index in [4.69, 9.17) is 9.73 Å². The summed E-state index contributed by atoms with van der Waals surface area (Å²) in [4.78, 5) is 10.5. The molecule has 0 fully saturated rings. The molecule has 0 amide bonds. The molecule has 0 atom stereocenters. The first kappa shape index (κ1) is 24.1. The van der Waals surface area contributed by atoms with Gasteiger partial charge < -0.3 is 15.4 Å². The maximum Gasteiger partial charge on any atom is 0.195 e. The second-order valence-corrected chi connectivity index (χ2v) is 7.91. The van der Waals surface area contributed by atoms with Crippen molar-refractivity contribution in [1.82, 2.24) is 10.3 Å². The number of pyridine rings is 1. The fraction of sp³-hybridized carbons (Fsp3) is 0.304. The second-order valence-electron chi connectivity index (χ2n) is 6.87. The molecular formula is C23H29IN4OS. The Morgan fingerprint density at radius 3 is 2.57 bits per heavy atom. The highest BCUT2D eigenvalue weighted by molar-refractivity contribution is 14.0. The third-order valence-electron chi connectivity index (χ3n) is 4.10. The highest BCUT2D eigenvalue weighted by Crippen LogP contribution is 2.17. The zero-order valence-electron chi connectivity index (χ0n) is 17.4. The minimum atomic E-state index is 0. The molecular weight excluding hydrogens is 507 g/mol. The molecule has 0 aliphatic rings. The molecule has 3 rings (SSSR count). The molecule has 2 aromatic heterocycles. The number of halogens is 1. The van der Waals surface area contributed by atoms with Gasteiger partial charge in [0, 0.05) is 48.4 Å². The predicted octanol–water partition coefficient (Wildman–Crippen LogP) is 5.39. The number of hydrogen-bond acceptors (Lipinski definition) is 4. The topological polar surface area (TPSA) is 58.5 Å². The normalized spacial score (nSPS) is 11.1. The number of guanidine groups is 1. The van der Waals surface area contributed by atoms with Crippen LogP contribution in [0, 0.1) is 0 Å². The van der Waals surface area contributed by atoms with E-state index in [0.29, 0.717) is 0 Å². The van der Waals surface area contributed by atoms with Gasteiger partial charge in [-0.1, -0.05) is 12.1 Å². The first-order valence-corrected chi connectivity index (χ1v) is 10.8. The molecule has 2 N–H and O–H groups in total. The predicted molar refractivity (Wildman–Crippen MR) is 138 cm³/mol. The Hall–Kier alpha value is -2.13. The second kappa shape index (κ2) is 13.2. The molecule has 0 radical (unpaired) electrons. The summed E-state index contributed by atoms with van der Waals surface area (Å²) in [6, 6.07) is 18.2. The highest BCUT2D eigenvalue weighted by atomic mass is 127. The Bertz CT molecular complexity index is 868. The highest BCUT2D eigenvalue weighted by Gasteiger charge is 2.03. The largest absolute Gasteiger partial charge is 0.491 e. The van der Waals surface area contributed by atoms with Gasteiger partial charge in [0.2, 0.25) is 0 Å². The van der Waals surface area contributed by atoms with Crippen LogP contribution in [-0.4, -0.2) is 30.1 Å². The van der Waals surface area contributed by atoms with Crippen molar-refractivity contribution in [3.63, 3.8) is 0 Å². The first-order chi connectivity index (χ1) is 14.2. The van der Waals surface area contributed by atoms with E-state index in [9.17, 15) is 0 Å². The van der Waals surface area contributed by atoms with Crippen molar-refractivity contribution >= 4 is 47.0 Å². The molecule has 3 aromatic rings. The van der Waals surface area contributed by atoms with Crippen LogP contribution in [0.1, 0.15) is 24.4 Å². The summed E-state index contributed by atoms with van der Waals surface area (Å²) in [5.74, 6) is 1.64. The average molecular weight is 536 g/mol. The van der Waals surface area contributed by atoms with Gasteiger partial charge in [-0.05, 0) is 61.7 Å². The number of nitrogens with one attached hydrogen (secondary N) is 2.